The zero-order valence-corrected chi connectivity index (χ0v) is 8.32. The Hall–Kier alpha value is 0.130. The van der Waals surface area contributed by atoms with E-state index in [1.807, 2.05) is 7.05 Å². The molecule has 0 aromatic rings. The summed E-state index contributed by atoms with van der Waals surface area (Å²) in [6, 6.07) is 0. The molecule has 1 aliphatic heterocycles. The summed E-state index contributed by atoms with van der Waals surface area (Å²) in [6.07, 6.45) is 0. The molecule has 0 aromatic heterocycles. The maximum atomic E-state index is 5.23. The highest BCUT2D eigenvalue weighted by atomic mass is 35.5. The summed E-state index contributed by atoms with van der Waals surface area (Å²) in [5, 5.41) is 0. The number of halogens is 1. The van der Waals surface area contributed by atoms with Gasteiger partial charge in [0, 0.05) is 26.2 Å². The van der Waals surface area contributed by atoms with E-state index in [9.17, 15) is 0 Å². The van der Waals surface area contributed by atoms with Crippen LogP contribution in [0.2, 0.25) is 0 Å². The number of ether oxygens (including phenoxy) is 1. The van der Waals surface area contributed by atoms with Crippen molar-refractivity contribution in [1.29, 1.82) is 0 Å². The van der Waals surface area contributed by atoms with Gasteiger partial charge in [-0.25, -0.2) is 0 Å². The van der Waals surface area contributed by atoms with Crippen molar-refractivity contribution in [3.63, 3.8) is 0 Å². The van der Waals surface area contributed by atoms with Crippen molar-refractivity contribution in [3.8, 4) is 0 Å². The third-order valence-electron chi connectivity index (χ3n) is 1.83. The van der Waals surface area contributed by atoms with Crippen molar-refractivity contribution in [2.75, 3.05) is 46.4 Å². The predicted octanol–water partition coefficient (Wildman–Crippen LogP) is -0.536. The molecule has 1 fully saturated rings. The molecular weight excluding hydrogens is 178 g/mol. The first-order valence-electron chi connectivity index (χ1n) is 4.13. The van der Waals surface area contributed by atoms with Crippen LogP contribution in [0, 0.1) is 0 Å². The SMILES string of the molecule is CNNCCN1CCOCC1.Cl. The van der Waals surface area contributed by atoms with Crippen LogP contribution in [0.5, 0.6) is 0 Å². The third-order valence-corrected chi connectivity index (χ3v) is 1.83. The molecule has 5 heteroatoms. The molecule has 1 aliphatic rings. The lowest BCUT2D eigenvalue weighted by Gasteiger charge is -2.26. The fourth-order valence-corrected chi connectivity index (χ4v) is 1.16. The quantitative estimate of drug-likeness (QED) is 0.467. The van der Waals surface area contributed by atoms with Crippen LogP contribution in [0.3, 0.4) is 0 Å². The highest BCUT2D eigenvalue weighted by Gasteiger charge is 2.08. The van der Waals surface area contributed by atoms with Crippen LogP contribution >= 0.6 is 12.4 Å². The average Bonchev–Trinajstić information content (AvgIpc) is 2.07. The van der Waals surface area contributed by atoms with Crippen molar-refractivity contribution in [3.05, 3.63) is 0 Å². The zero-order valence-electron chi connectivity index (χ0n) is 7.51. The Bertz CT molecular complexity index is 98.7. The van der Waals surface area contributed by atoms with Crippen molar-refractivity contribution >= 4 is 12.4 Å². The fourth-order valence-electron chi connectivity index (χ4n) is 1.16. The molecule has 4 nitrogen and oxygen atoms in total. The van der Waals surface area contributed by atoms with Crippen molar-refractivity contribution in [1.82, 2.24) is 15.8 Å². The molecule has 0 saturated carbocycles. The first-order chi connectivity index (χ1) is 5.43. The Morgan fingerprint density at radius 2 is 2.00 bits per heavy atom. The molecule has 1 heterocycles. The van der Waals surface area contributed by atoms with Crippen LogP contribution in [0.1, 0.15) is 0 Å². The fraction of sp³-hybridized carbons (Fsp3) is 1.00. The van der Waals surface area contributed by atoms with Crippen molar-refractivity contribution < 1.29 is 4.74 Å². The van der Waals surface area contributed by atoms with E-state index in [1.165, 1.54) is 0 Å². The summed E-state index contributed by atoms with van der Waals surface area (Å²) in [7, 11) is 1.89. The molecule has 12 heavy (non-hydrogen) atoms. The maximum Gasteiger partial charge on any atom is 0.0594 e. The number of hydrogen-bond acceptors (Lipinski definition) is 4. The zero-order chi connectivity index (χ0) is 7.94. The molecule has 2 N–H and O–H groups in total. The second kappa shape index (κ2) is 7.76. The average molecular weight is 196 g/mol. The van der Waals surface area contributed by atoms with Gasteiger partial charge in [0.2, 0.25) is 0 Å². The first-order valence-corrected chi connectivity index (χ1v) is 4.13. The van der Waals surface area contributed by atoms with E-state index in [2.05, 4.69) is 15.8 Å². The summed E-state index contributed by atoms with van der Waals surface area (Å²) in [5.74, 6) is 0. The maximum absolute atomic E-state index is 5.23. The van der Waals surface area contributed by atoms with Crippen LogP contribution in [-0.2, 0) is 4.74 Å². The standard InChI is InChI=1S/C7H17N3O.ClH/c1-8-9-2-3-10-4-6-11-7-5-10;/h8-9H,2-7H2,1H3;1H. The minimum atomic E-state index is 0. The number of nitrogens with zero attached hydrogens (tertiary/aromatic N) is 1. The topological polar surface area (TPSA) is 36.5 Å². The Morgan fingerprint density at radius 3 is 2.58 bits per heavy atom. The Kier molecular flexibility index (Phi) is 7.85. The third kappa shape index (κ3) is 4.90. The van der Waals surface area contributed by atoms with Gasteiger partial charge in [-0.1, -0.05) is 0 Å². The molecule has 0 bridgehead atoms. The van der Waals surface area contributed by atoms with E-state index in [0.717, 1.165) is 39.4 Å². The van der Waals surface area contributed by atoms with E-state index in [0.29, 0.717) is 0 Å². The summed E-state index contributed by atoms with van der Waals surface area (Å²) in [5.41, 5.74) is 5.96. The van der Waals surface area contributed by atoms with Gasteiger partial charge in [0.1, 0.15) is 0 Å². The van der Waals surface area contributed by atoms with Gasteiger partial charge < -0.3 is 4.74 Å². The highest BCUT2D eigenvalue weighted by Crippen LogP contribution is 1.94. The lowest BCUT2D eigenvalue weighted by molar-refractivity contribution is 0.0381. The molecule has 0 aromatic carbocycles. The van der Waals surface area contributed by atoms with Crippen LogP contribution in [0.4, 0.5) is 0 Å². The summed E-state index contributed by atoms with van der Waals surface area (Å²) in [6.45, 7) is 6.02. The van der Waals surface area contributed by atoms with Crippen LogP contribution < -0.4 is 10.9 Å². The second-order valence-corrected chi connectivity index (χ2v) is 2.63. The second-order valence-electron chi connectivity index (χ2n) is 2.63. The molecule has 0 amide bonds. The minimum absolute atomic E-state index is 0. The van der Waals surface area contributed by atoms with Gasteiger partial charge in [0.05, 0.1) is 13.2 Å². The molecule has 0 spiro atoms. The Balaban J connectivity index is 0.00000121. The predicted molar refractivity (Wildman–Crippen MR) is 51.6 cm³/mol. The van der Waals surface area contributed by atoms with E-state index >= 15 is 0 Å². The summed E-state index contributed by atoms with van der Waals surface area (Å²) < 4.78 is 5.23. The molecule has 0 atom stereocenters. The number of hydrogen-bond donors (Lipinski definition) is 2. The lowest BCUT2D eigenvalue weighted by Crippen LogP contribution is -2.42. The van der Waals surface area contributed by atoms with Crippen LogP contribution in [-0.4, -0.2) is 51.3 Å². The van der Waals surface area contributed by atoms with E-state index in [4.69, 9.17) is 4.74 Å². The van der Waals surface area contributed by atoms with Gasteiger partial charge in [0.25, 0.3) is 0 Å². The van der Waals surface area contributed by atoms with Gasteiger partial charge in [-0.05, 0) is 7.05 Å². The largest absolute Gasteiger partial charge is 0.379 e. The van der Waals surface area contributed by atoms with E-state index in [1.54, 1.807) is 0 Å². The van der Waals surface area contributed by atoms with Crippen LogP contribution in [0.15, 0.2) is 0 Å². The first kappa shape index (κ1) is 12.1. The molecule has 1 rings (SSSR count). The van der Waals surface area contributed by atoms with Gasteiger partial charge >= 0.3 is 0 Å². The molecule has 1 saturated heterocycles. The summed E-state index contributed by atoms with van der Waals surface area (Å²) in [4.78, 5) is 2.40. The van der Waals surface area contributed by atoms with Crippen molar-refractivity contribution in [2.24, 2.45) is 0 Å². The Labute approximate surface area is 80.0 Å². The Morgan fingerprint density at radius 1 is 1.33 bits per heavy atom. The number of rotatable bonds is 4. The molecular formula is C7H18ClN3O. The molecule has 0 unspecified atom stereocenters. The highest BCUT2D eigenvalue weighted by molar-refractivity contribution is 5.85. The van der Waals surface area contributed by atoms with Gasteiger partial charge in [0.15, 0.2) is 0 Å². The minimum Gasteiger partial charge on any atom is -0.379 e. The van der Waals surface area contributed by atoms with Gasteiger partial charge in [-0.2, -0.15) is 0 Å². The normalized spacial score (nSPS) is 18.8. The smallest absolute Gasteiger partial charge is 0.0594 e. The van der Waals surface area contributed by atoms with Crippen LogP contribution in [0.25, 0.3) is 0 Å². The van der Waals surface area contributed by atoms with E-state index in [-0.39, 0.29) is 12.4 Å². The number of morpholine rings is 1. The molecule has 74 valence electrons. The molecule has 0 aliphatic carbocycles. The number of nitrogens with one attached hydrogen (secondary N) is 2. The lowest BCUT2D eigenvalue weighted by atomic mass is 10.4. The van der Waals surface area contributed by atoms with Gasteiger partial charge in [-0.3, -0.25) is 15.8 Å². The monoisotopic (exact) mass is 195 g/mol. The summed E-state index contributed by atoms with van der Waals surface area (Å²) >= 11 is 0. The number of hydrazine groups is 1. The van der Waals surface area contributed by atoms with Crippen molar-refractivity contribution in [2.45, 2.75) is 0 Å². The van der Waals surface area contributed by atoms with Gasteiger partial charge in [-0.15, -0.1) is 12.4 Å². The molecule has 0 radical (unpaired) electrons. The van der Waals surface area contributed by atoms with E-state index < -0.39 is 0 Å².